The Morgan fingerprint density at radius 2 is 2.00 bits per heavy atom. The number of benzene rings is 1. The second-order valence-corrected chi connectivity index (χ2v) is 4.27. The molecule has 0 saturated heterocycles. The molecule has 8 heteroatoms. The van der Waals surface area contributed by atoms with Gasteiger partial charge < -0.3 is 19.6 Å². The summed E-state index contributed by atoms with van der Waals surface area (Å²) < 4.78 is 45.8. The molecule has 1 aromatic heterocycles. The maximum atomic E-state index is 12.3. The van der Waals surface area contributed by atoms with Crippen molar-refractivity contribution in [2.45, 2.75) is 12.4 Å². The highest BCUT2D eigenvalue weighted by Crippen LogP contribution is 2.26. The van der Waals surface area contributed by atoms with Crippen LogP contribution in [0.15, 0.2) is 47.1 Å². The summed E-state index contributed by atoms with van der Waals surface area (Å²) in [5, 5.41) is 11.6. The van der Waals surface area contributed by atoms with E-state index in [1.54, 1.807) is 6.07 Å². The monoisotopic (exact) mass is 315 g/mol. The van der Waals surface area contributed by atoms with Gasteiger partial charge in [0.05, 0.1) is 18.4 Å². The maximum Gasteiger partial charge on any atom is 0.573 e. The summed E-state index contributed by atoms with van der Waals surface area (Å²) in [5.74, 6) is -1.16. The molecule has 2 aromatic rings. The van der Waals surface area contributed by atoms with Crippen molar-refractivity contribution >= 4 is 5.91 Å². The van der Waals surface area contributed by atoms with Crippen molar-refractivity contribution in [3.05, 3.63) is 54.0 Å². The lowest BCUT2D eigenvalue weighted by Crippen LogP contribution is -2.31. The van der Waals surface area contributed by atoms with E-state index in [1.807, 2.05) is 0 Å². The molecule has 0 bridgehead atoms. The lowest BCUT2D eigenvalue weighted by Gasteiger charge is -2.16. The van der Waals surface area contributed by atoms with Gasteiger partial charge in [-0.2, -0.15) is 0 Å². The van der Waals surface area contributed by atoms with Gasteiger partial charge in [0.2, 0.25) is 0 Å². The van der Waals surface area contributed by atoms with E-state index in [-0.39, 0.29) is 11.3 Å². The van der Waals surface area contributed by atoms with Gasteiger partial charge in [-0.1, -0.05) is 12.1 Å². The number of alkyl halides is 3. The molecule has 0 aliphatic rings. The predicted molar refractivity (Wildman–Crippen MR) is 69.1 cm³/mol. The second-order valence-electron chi connectivity index (χ2n) is 4.27. The Morgan fingerprint density at radius 3 is 2.59 bits per heavy atom. The summed E-state index contributed by atoms with van der Waals surface area (Å²) >= 11 is 0. The van der Waals surface area contributed by atoms with Crippen LogP contribution in [-0.2, 0) is 0 Å². The van der Waals surface area contributed by atoms with Gasteiger partial charge in [-0.05, 0) is 24.3 Å². The number of carbonyl (C=O) groups is 1. The molecular formula is C14H12F3NO4. The van der Waals surface area contributed by atoms with Crippen LogP contribution in [-0.4, -0.2) is 24.0 Å². The lowest BCUT2D eigenvalue weighted by molar-refractivity contribution is -0.274. The third kappa shape index (κ3) is 4.01. The van der Waals surface area contributed by atoms with E-state index >= 15 is 0 Å². The largest absolute Gasteiger partial charge is 0.573 e. The number of hydrogen-bond acceptors (Lipinski definition) is 4. The zero-order chi connectivity index (χ0) is 16.2. The van der Waals surface area contributed by atoms with E-state index in [9.17, 15) is 23.1 Å². The average Bonchev–Trinajstić information content (AvgIpc) is 2.97. The van der Waals surface area contributed by atoms with Crippen LogP contribution in [0.2, 0.25) is 0 Å². The minimum Gasteiger partial charge on any atom is -0.467 e. The predicted octanol–water partition coefficient (Wildman–Crippen LogP) is 2.64. The molecule has 1 atom stereocenters. The molecule has 0 saturated carbocycles. The Balaban J connectivity index is 2.19. The number of nitrogens with one attached hydrogen (secondary N) is 1. The summed E-state index contributed by atoms with van der Waals surface area (Å²) in [6, 6.07) is 7.15. The van der Waals surface area contributed by atoms with Crippen LogP contribution < -0.4 is 10.1 Å². The van der Waals surface area contributed by atoms with Gasteiger partial charge in [0.15, 0.2) is 0 Å². The van der Waals surface area contributed by atoms with Crippen LogP contribution in [0.3, 0.4) is 0 Å². The number of halogens is 3. The Bertz CT molecular complexity index is 625. The van der Waals surface area contributed by atoms with Crippen LogP contribution in [0.25, 0.3) is 0 Å². The Kier molecular flexibility index (Phi) is 4.71. The highest BCUT2D eigenvalue weighted by molar-refractivity contribution is 5.97. The summed E-state index contributed by atoms with van der Waals surface area (Å²) in [4.78, 5) is 12.1. The van der Waals surface area contributed by atoms with Crippen LogP contribution in [0.5, 0.6) is 5.75 Å². The fraction of sp³-hybridized carbons (Fsp3) is 0.214. The molecule has 0 fully saturated rings. The Morgan fingerprint density at radius 1 is 1.27 bits per heavy atom. The van der Waals surface area contributed by atoms with Crippen LogP contribution in [0.1, 0.15) is 22.2 Å². The second kappa shape index (κ2) is 6.52. The maximum absolute atomic E-state index is 12.3. The van der Waals surface area contributed by atoms with E-state index in [1.165, 1.54) is 30.5 Å². The molecule has 5 nitrogen and oxygen atoms in total. The summed E-state index contributed by atoms with van der Waals surface area (Å²) in [6.07, 6.45) is -3.56. The van der Waals surface area contributed by atoms with Crippen molar-refractivity contribution in [3.63, 3.8) is 0 Å². The number of para-hydroxylation sites is 1. The standard InChI is InChI=1S/C14H12F3NO4/c15-14(16,17)22-11-5-2-1-4-9(11)13(20)18-10(8-19)12-6-3-7-21-12/h1-7,10,19H,8H2,(H,18,20). The van der Waals surface area contributed by atoms with Crippen molar-refractivity contribution in [2.75, 3.05) is 6.61 Å². The molecule has 118 valence electrons. The summed E-state index contributed by atoms with van der Waals surface area (Å²) in [6.45, 7) is -0.471. The first kappa shape index (κ1) is 15.9. The fourth-order valence-electron chi connectivity index (χ4n) is 1.80. The van der Waals surface area contributed by atoms with Crippen molar-refractivity contribution < 1.29 is 32.2 Å². The lowest BCUT2D eigenvalue weighted by atomic mass is 10.1. The van der Waals surface area contributed by atoms with Crippen molar-refractivity contribution in [1.82, 2.24) is 5.32 Å². The van der Waals surface area contributed by atoms with Crippen molar-refractivity contribution in [2.24, 2.45) is 0 Å². The molecule has 22 heavy (non-hydrogen) atoms. The number of carbonyl (C=O) groups excluding carboxylic acids is 1. The Hall–Kier alpha value is -2.48. The van der Waals surface area contributed by atoms with Gasteiger partial charge >= 0.3 is 6.36 Å². The van der Waals surface area contributed by atoms with E-state index in [0.29, 0.717) is 0 Å². The van der Waals surface area contributed by atoms with E-state index in [4.69, 9.17) is 4.42 Å². The number of furan rings is 1. The van der Waals surface area contributed by atoms with Crippen LogP contribution in [0.4, 0.5) is 13.2 Å². The third-order valence-electron chi connectivity index (χ3n) is 2.73. The highest BCUT2D eigenvalue weighted by Gasteiger charge is 2.33. The number of hydrogen-bond donors (Lipinski definition) is 2. The van der Waals surface area contributed by atoms with Crippen LogP contribution >= 0.6 is 0 Å². The van der Waals surface area contributed by atoms with E-state index in [0.717, 1.165) is 6.07 Å². The molecule has 0 aliphatic carbocycles. The number of aliphatic hydroxyl groups excluding tert-OH is 1. The molecule has 0 spiro atoms. The molecule has 1 unspecified atom stereocenters. The number of aliphatic hydroxyl groups is 1. The van der Waals surface area contributed by atoms with Crippen LogP contribution in [0, 0.1) is 0 Å². The first-order chi connectivity index (χ1) is 10.4. The van der Waals surface area contributed by atoms with E-state index < -0.39 is 30.7 Å². The summed E-state index contributed by atoms with van der Waals surface area (Å²) in [5.41, 5.74) is -0.301. The fourth-order valence-corrected chi connectivity index (χ4v) is 1.80. The number of rotatable bonds is 5. The highest BCUT2D eigenvalue weighted by atomic mass is 19.4. The Labute approximate surface area is 123 Å². The number of amides is 1. The normalized spacial score (nSPS) is 12.7. The minimum atomic E-state index is -4.91. The third-order valence-corrected chi connectivity index (χ3v) is 2.73. The zero-order valence-corrected chi connectivity index (χ0v) is 11.1. The number of ether oxygens (including phenoxy) is 1. The molecule has 1 aromatic carbocycles. The van der Waals surface area contributed by atoms with Gasteiger partial charge in [-0.25, -0.2) is 0 Å². The first-order valence-electron chi connectivity index (χ1n) is 6.20. The zero-order valence-electron chi connectivity index (χ0n) is 11.1. The molecule has 2 N–H and O–H groups in total. The minimum absolute atomic E-state index is 0.282. The molecule has 1 amide bonds. The summed E-state index contributed by atoms with van der Waals surface area (Å²) in [7, 11) is 0. The SMILES string of the molecule is O=C(NC(CO)c1ccco1)c1ccccc1OC(F)(F)F. The van der Waals surface area contributed by atoms with Gasteiger partial charge in [-0.15, -0.1) is 13.2 Å². The average molecular weight is 315 g/mol. The van der Waals surface area contributed by atoms with Gasteiger partial charge in [0.25, 0.3) is 5.91 Å². The first-order valence-corrected chi connectivity index (χ1v) is 6.20. The van der Waals surface area contributed by atoms with E-state index in [2.05, 4.69) is 10.1 Å². The molecule has 0 aliphatic heterocycles. The quantitative estimate of drug-likeness (QED) is 0.890. The topological polar surface area (TPSA) is 71.7 Å². The van der Waals surface area contributed by atoms with Gasteiger partial charge in [0.1, 0.15) is 17.6 Å². The van der Waals surface area contributed by atoms with Gasteiger partial charge in [0, 0.05) is 0 Å². The molecular weight excluding hydrogens is 303 g/mol. The molecule has 2 rings (SSSR count). The van der Waals surface area contributed by atoms with Gasteiger partial charge in [-0.3, -0.25) is 4.79 Å². The molecule has 1 heterocycles. The molecule has 0 radical (unpaired) electrons. The smallest absolute Gasteiger partial charge is 0.467 e. The van der Waals surface area contributed by atoms with Crippen molar-refractivity contribution in [1.29, 1.82) is 0 Å². The van der Waals surface area contributed by atoms with Crippen molar-refractivity contribution in [3.8, 4) is 5.75 Å².